The van der Waals surface area contributed by atoms with E-state index in [0.717, 1.165) is 6.07 Å². The van der Waals surface area contributed by atoms with E-state index in [1.807, 2.05) is 0 Å². The van der Waals surface area contributed by atoms with Gasteiger partial charge in [0.25, 0.3) is 0 Å². The Morgan fingerprint density at radius 2 is 2.11 bits per heavy atom. The number of aromatic nitrogens is 4. The summed E-state index contributed by atoms with van der Waals surface area (Å²) in [6.07, 6.45) is 1.36. The lowest BCUT2D eigenvalue weighted by molar-refractivity contribution is -0.141. The summed E-state index contributed by atoms with van der Waals surface area (Å²) < 4.78 is 41.3. The molecule has 11 heteroatoms. The number of halogens is 4. The minimum atomic E-state index is -4.48. The van der Waals surface area contributed by atoms with Gasteiger partial charge in [-0.3, -0.25) is 14.4 Å². The summed E-state index contributed by atoms with van der Waals surface area (Å²) in [6.45, 7) is 0.773. The fraction of sp³-hybridized carbons (Fsp3) is 0.353. The van der Waals surface area contributed by atoms with E-state index in [9.17, 15) is 18.0 Å². The van der Waals surface area contributed by atoms with Crippen LogP contribution >= 0.6 is 11.6 Å². The maximum absolute atomic E-state index is 12.8. The first-order chi connectivity index (χ1) is 13.3. The van der Waals surface area contributed by atoms with Gasteiger partial charge < -0.3 is 4.90 Å². The van der Waals surface area contributed by atoms with Gasteiger partial charge in [0.05, 0.1) is 17.3 Å². The first-order valence-electron chi connectivity index (χ1n) is 8.63. The molecule has 1 aliphatic heterocycles. The molecule has 1 saturated heterocycles. The maximum atomic E-state index is 12.8. The Morgan fingerprint density at radius 1 is 1.29 bits per heavy atom. The summed E-state index contributed by atoms with van der Waals surface area (Å²) in [5, 5.41) is 6.87. The van der Waals surface area contributed by atoms with Gasteiger partial charge >= 0.3 is 12.2 Å². The highest BCUT2D eigenvalue weighted by Gasteiger charge is 2.35. The number of anilines is 1. The number of imidazole rings is 1. The lowest BCUT2D eigenvalue weighted by atomic mass is 10.1. The molecule has 4 rings (SSSR count). The van der Waals surface area contributed by atoms with Crippen molar-refractivity contribution in [3.63, 3.8) is 0 Å². The van der Waals surface area contributed by atoms with Gasteiger partial charge in [-0.25, -0.2) is 9.78 Å². The minimum Gasteiger partial charge on any atom is -0.322 e. The van der Waals surface area contributed by atoms with Crippen molar-refractivity contribution in [2.45, 2.75) is 25.1 Å². The first kappa shape index (κ1) is 18.6. The third-order valence-corrected chi connectivity index (χ3v) is 4.97. The van der Waals surface area contributed by atoms with Gasteiger partial charge in [0.2, 0.25) is 0 Å². The number of piperidine rings is 1. The summed E-state index contributed by atoms with van der Waals surface area (Å²) in [7, 11) is 0. The number of pyridine rings is 1. The van der Waals surface area contributed by atoms with Crippen LogP contribution in [0.5, 0.6) is 0 Å². The van der Waals surface area contributed by atoms with Crippen LogP contribution in [-0.2, 0) is 6.18 Å². The molecule has 148 valence electrons. The van der Waals surface area contributed by atoms with Crippen molar-refractivity contribution >= 4 is 29.1 Å². The number of likely N-dealkylation sites (tertiary alicyclic amines) is 1. The predicted octanol–water partition coefficient (Wildman–Crippen LogP) is 4.07. The van der Waals surface area contributed by atoms with Gasteiger partial charge in [-0.2, -0.15) is 18.3 Å². The second-order valence-corrected chi connectivity index (χ2v) is 6.95. The van der Waals surface area contributed by atoms with Gasteiger partial charge in [-0.05, 0) is 31.0 Å². The topological polar surface area (TPSA) is 67.5 Å². The Labute approximate surface area is 162 Å². The van der Waals surface area contributed by atoms with Crippen LogP contribution in [0.4, 0.5) is 23.8 Å². The van der Waals surface area contributed by atoms with Gasteiger partial charge in [-0.15, -0.1) is 0 Å². The van der Waals surface area contributed by atoms with Crippen LogP contribution in [0.25, 0.3) is 5.65 Å². The summed E-state index contributed by atoms with van der Waals surface area (Å²) >= 11 is 6.08. The van der Waals surface area contributed by atoms with Crippen LogP contribution in [0, 0.1) is 0 Å². The molecule has 0 saturated carbocycles. The van der Waals surface area contributed by atoms with E-state index in [1.165, 1.54) is 17.1 Å². The number of fused-ring (bicyclic) bond motifs is 1. The molecule has 1 aliphatic rings. The van der Waals surface area contributed by atoms with E-state index in [1.54, 1.807) is 27.6 Å². The van der Waals surface area contributed by atoms with Gasteiger partial charge in [0.15, 0.2) is 11.3 Å². The zero-order valence-corrected chi connectivity index (χ0v) is 15.3. The smallest absolute Gasteiger partial charge is 0.322 e. The molecule has 0 bridgehead atoms. The fourth-order valence-corrected chi connectivity index (χ4v) is 3.52. The standard InChI is InChI=1S/C17H16ClF3N6O/c18-12-4-2-7-26-14(9-22-15(12)26)23-16(28)25-6-1-3-11(10-25)27-8-5-13(24-27)17(19,20)21/h2,4-5,7-9,11H,1,3,6,10H2,(H,23,28). The summed E-state index contributed by atoms with van der Waals surface area (Å²) in [6, 6.07) is 3.71. The fourth-order valence-electron chi connectivity index (χ4n) is 3.31. The van der Waals surface area contributed by atoms with E-state index >= 15 is 0 Å². The Hall–Kier alpha value is -2.75. The van der Waals surface area contributed by atoms with Crippen LogP contribution in [0.2, 0.25) is 5.02 Å². The SMILES string of the molecule is O=C(Nc1cnc2c(Cl)cccn12)N1CCCC(n2ccc(C(F)(F)F)n2)C1. The van der Waals surface area contributed by atoms with Crippen LogP contribution < -0.4 is 5.32 Å². The molecule has 1 atom stereocenters. The minimum absolute atomic E-state index is 0.266. The molecule has 0 spiro atoms. The van der Waals surface area contributed by atoms with Crippen LogP contribution in [-0.4, -0.2) is 43.2 Å². The predicted molar refractivity (Wildman–Crippen MR) is 96.3 cm³/mol. The molecule has 1 fully saturated rings. The average Bonchev–Trinajstić information content (AvgIpc) is 3.30. The Kier molecular flexibility index (Phi) is 4.66. The largest absolute Gasteiger partial charge is 0.435 e. The number of hydrogen-bond donors (Lipinski definition) is 1. The number of hydrogen-bond acceptors (Lipinski definition) is 3. The molecule has 1 N–H and O–H groups in total. The molecular formula is C17H16ClF3N6O. The lowest BCUT2D eigenvalue weighted by Gasteiger charge is -2.32. The quantitative estimate of drug-likeness (QED) is 0.690. The average molecular weight is 413 g/mol. The number of carbonyl (C=O) groups excluding carboxylic acids is 1. The van der Waals surface area contributed by atoms with E-state index < -0.39 is 11.9 Å². The summed E-state index contributed by atoms with van der Waals surface area (Å²) in [5.74, 6) is 0.461. The monoisotopic (exact) mass is 412 g/mol. The van der Waals surface area contributed by atoms with Crippen molar-refractivity contribution in [2.24, 2.45) is 0 Å². The molecule has 3 aromatic rings. The molecule has 0 aliphatic carbocycles. The van der Waals surface area contributed by atoms with Crippen LogP contribution in [0.3, 0.4) is 0 Å². The number of carbonyl (C=O) groups is 1. The number of urea groups is 1. The molecular weight excluding hydrogens is 397 g/mol. The van der Waals surface area contributed by atoms with E-state index in [0.29, 0.717) is 35.9 Å². The molecule has 28 heavy (non-hydrogen) atoms. The summed E-state index contributed by atoms with van der Waals surface area (Å²) in [5.41, 5.74) is -0.413. The Morgan fingerprint density at radius 3 is 2.86 bits per heavy atom. The van der Waals surface area contributed by atoms with Crippen LogP contribution in [0.1, 0.15) is 24.6 Å². The molecule has 0 aromatic carbocycles. The van der Waals surface area contributed by atoms with Crippen molar-refractivity contribution in [3.8, 4) is 0 Å². The number of nitrogens with one attached hydrogen (secondary N) is 1. The molecule has 7 nitrogen and oxygen atoms in total. The second kappa shape index (κ2) is 7.01. The summed E-state index contributed by atoms with van der Waals surface area (Å²) in [4.78, 5) is 18.4. The van der Waals surface area contributed by atoms with Crippen molar-refractivity contribution in [1.82, 2.24) is 24.1 Å². The zero-order chi connectivity index (χ0) is 19.9. The molecule has 0 radical (unpaired) electrons. The van der Waals surface area contributed by atoms with Gasteiger partial charge in [0.1, 0.15) is 5.82 Å². The number of nitrogens with zero attached hydrogens (tertiary/aromatic N) is 5. The molecule has 3 aromatic heterocycles. The Balaban J connectivity index is 1.47. The molecule has 2 amide bonds. The van der Waals surface area contributed by atoms with Gasteiger partial charge in [-0.1, -0.05) is 11.6 Å². The third kappa shape index (κ3) is 3.51. The second-order valence-electron chi connectivity index (χ2n) is 6.54. The lowest BCUT2D eigenvalue weighted by Crippen LogP contribution is -2.43. The van der Waals surface area contributed by atoms with E-state index in [4.69, 9.17) is 11.6 Å². The van der Waals surface area contributed by atoms with Crippen molar-refractivity contribution in [1.29, 1.82) is 0 Å². The Bertz CT molecular complexity index is 1010. The maximum Gasteiger partial charge on any atom is 0.435 e. The highest BCUT2D eigenvalue weighted by molar-refractivity contribution is 6.33. The third-order valence-electron chi connectivity index (χ3n) is 4.68. The van der Waals surface area contributed by atoms with E-state index in [-0.39, 0.29) is 18.6 Å². The normalized spacial score (nSPS) is 17.9. The zero-order valence-electron chi connectivity index (χ0n) is 14.5. The number of alkyl halides is 3. The van der Waals surface area contributed by atoms with Crippen LogP contribution in [0.15, 0.2) is 36.8 Å². The molecule has 1 unspecified atom stereocenters. The highest BCUT2D eigenvalue weighted by atomic mass is 35.5. The van der Waals surface area contributed by atoms with Crippen molar-refractivity contribution in [3.05, 3.63) is 47.5 Å². The number of rotatable bonds is 2. The van der Waals surface area contributed by atoms with Gasteiger partial charge in [0, 0.05) is 25.5 Å². The van der Waals surface area contributed by atoms with E-state index in [2.05, 4.69) is 15.4 Å². The van der Waals surface area contributed by atoms with Crippen molar-refractivity contribution in [2.75, 3.05) is 18.4 Å². The van der Waals surface area contributed by atoms with Crippen molar-refractivity contribution < 1.29 is 18.0 Å². The highest BCUT2D eigenvalue weighted by Crippen LogP contribution is 2.29. The number of amides is 2. The molecule has 4 heterocycles. The first-order valence-corrected chi connectivity index (χ1v) is 9.00.